The Morgan fingerprint density at radius 2 is 1.76 bits per heavy atom. The highest BCUT2D eigenvalue weighted by molar-refractivity contribution is 7.91. The van der Waals surface area contributed by atoms with Gasteiger partial charge in [0.2, 0.25) is 9.84 Å². The van der Waals surface area contributed by atoms with Gasteiger partial charge < -0.3 is 4.90 Å². The Kier molecular flexibility index (Phi) is 5.61. The summed E-state index contributed by atoms with van der Waals surface area (Å²) in [4.78, 5) is 17.9. The Morgan fingerprint density at radius 3 is 2.28 bits per heavy atom. The number of aromatic nitrogens is 5. The van der Waals surface area contributed by atoms with Crippen molar-refractivity contribution in [1.29, 1.82) is 0 Å². The SMILES string of the molecule is CCc1nn(C)c(CC)c1S(=O)(=O)c1ncn(C(=O)N(CC)CC)n1. The molecule has 25 heavy (non-hydrogen) atoms. The van der Waals surface area contributed by atoms with E-state index in [0.29, 0.717) is 37.3 Å². The van der Waals surface area contributed by atoms with E-state index < -0.39 is 15.9 Å². The second-order valence-electron chi connectivity index (χ2n) is 5.48. The van der Waals surface area contributed by atoms with E-state index >= 15 is 0 Å². The molecule has 0 saturated carbocycles. The lowest BCUT2D eigenvalue weighted by Crippen LogP contribution is -2.34. The number of sulfone groups is 1. The van der Waals surface area contributed by atoms with Crippen LogP contribution in [-0.4, -0.2) is 57.0 Å². The zero-order valence-corrected chi connectivity index (χ0v) is 16.0. The van der Waals surface area contributed by atoms with Crippen LogP contribution in [-0.2, 0) is 29.7 Å². The highest BCUT2D eigenvalue weighted by atomic mass is 32.2. The maximum Gasteiger partial charge on any atom is 0.346 e. The lowest BCUT2D eigenvalue weighted by atomic mass is 10.2. The average molecular weight is 368 g/mol. The van der Waals surface area contributed by atoms with E-state index in [2.05, 4.69) is 15.2 Å². The van der Waals surface area contributed by atoms with Gasteiger partial charge in [0.15, 0.2) is 0 Å². The Morgan fingerprint density at radius 1 is 1.12 bits per heavy atom. The molecule has 9 nitrogen and oxygen atoms in total. The standard InChI is InChI=1S/C15H24N6O3S/c1-6-11-13(12(7-2)19(5)17-11)25(23,24)14-16-10-21(18-14)15(22)20(8-3)9-4/h10H,6-9H2,1-5H3. The summed E-state index contributed by atoms with van der Waals surface area (Å²) >= 11 is 0. The molecule has 2 aromatic heterocycles. The molecule has 0 aliphatic rings. The van der Waals surface area contributed by atoms with E-state index in [1.807, 2.05) is 27.7 Å². The number of rotatable bonds is 6. The lowest BCUT2D eigenvalue weighted by Gasteiger charge is -2.17. The molecule has 2 heterocycles. The molecule has 138 valence electrons. The average Bonchev–Trinajstić information content (AvgIpc) is 3.20. The molecular formula is C15H24N6O3S. The largest absolute Gasteiger partial charge is 0.346 e. The molecule has 0 unspecified atom stereocenters. The minimum Gasteiger partial charge on any atom is -0.323 e. The molecule has 0 fully saturated rings. The molecule has 0 bridgehead atoms. The summed E-state index contributed by atoms with van der Waals surface area (Å²) in [6.07, 6.45) is 2.12. The fourth-order valence-electron chi connectivity index (χ4n) is 2.72. The number of carbonyl (C=O) groups is 1. The molecule has 0 atom stereocenters. The smallest absolute Gasteiger partial charge is 0.323 e. The van der Waals surface area contributed by atoms with Crippen molar-refractivity contribution in [2.45, 2.75) is 50.6 Å². The van der Waals surface area contributed by atoms with Crippen molar-refractivity contribution < 1.29 is 13.2 Å². The fourth-order valence-corrected chi connectivity index (χ4v) is 4.37. The summed E-state index contributed by atoms with van der Waals surface area (Å²) < 4.78 is 28.6. The van der Waals surface area contributed by atoms with Crippen LogP contribution in [0.1, 0.15) is 39.1 Å². The summed E-state index contributed by atoms with van der Waals surface area (Å²) in [5.41, 5.74) is 1.08. The molecule has 2 aromatic rings. The molecular weight excluding hydrogens is 344 g/mol. The second kappa shape index (κ2) is 7.34. The van der Waals surface area contributed by atoms with Gasteiger partial charge in [-0.2, -0.15) is 9.78 Å². The van der Waals surface area contributed by atoms with Crippen molar-refractivity contribution >= 4 is 15.9 Å². The number of hydrogen-bond donors (Lipinski definition) is 0. The zero-order valence-electron chi connectivity index (χ0n) is 15.2. The molecule has 2 rings (SSSR count). The van der Waals surface area contributed by atoms with Gasteiger partial charge in [-0.15, -0.1) is 5.10 Å². The van der Waals surface area contributed by atoms with Crippen molar-refractivity contribution in [3.63, 3.8) is 0 Å². The van der Waals surface area contributed by atoms with E-state index in [1.165, 1.54) is 4.90 Å². The van der Waals surface area contributed by atoms with Gasteiger partial charge in [-0.25, -0.2) is 18.2 Å². The predicted molar refractivity (Wildman–Crippen MR) is 91.2 cm³/mol. The van der Waals surface area contributed by atoms with E-state index in [0.717, 1.165) is 11.0 Å². The first-order valence-electron chi connectivity index (χ1n) is 8.32. The van der Waals surface area contributed by atoms with Crippen molar-refractivity contribution in [2.24, 2.45) is 7.05 Å². The third kappa shape index (κ3) is 3.30. The first-order chi connectivity index (χ1) is 11.8. The molecule has 0 aliphatic heterocycles. The first-order valence-corrected chi connectivity index (χ1v) is 9.80. The highest BCUT2D eigenvalue weighted by Crippen LogP contribution is 2.26. The van der Waals surface area contributed by atoms with E-state index in [-0.39, 0.29) is 10.1 Å². The van der Waals surface area contributed by atoms with Crippen LogP contribution in [0.3, 0.4) is 0 Å². The Labute approximate surface area is 147 Å². The predicted octanol–water partition coefficient (Wildman–Crippen LogP) is 1.28. The first kappa shape index (κ1) is 19.1. The number of carbonyl (C=O) groups excluding carboxylic acids is 1. The topological polar surface area (TPSA) is 103 Å². The number of hydrogen-bond acceptors (Lipinski definition) is 6. The Bertz CT molecular complexity index is 864. The summed E-state index contributed by atoms with van der Waals surface area (Å²) in [5, 5.41) is 7.83. The third-order valence-corrected chi connectivity index (χ3v) is 5.74. The van der Waals surface area contributed by atoms with Gasteiger partial charge in [0.25, 0.3) is 5.16 Å². The summed E-state index contributed by atoms with van der Waals surface area (Å²) in [6, 6.07) is -0.406. The van der Waals surface area contributed by atoms with Crippen molar-refractivity contribution in [3.8, 4) is 0 Å². The van der Waals surface area contributed by atoms with Gasteiger partial charge in [-0.05, 0) is 26.7 Å². The molecule has 1 amide bonds. The third-order valence-electron chi connectivity index (χ3n) is 4.07. The van der Waals surface area contributed by atoms with E-state index in [4.69, 9.17) is 0 Å². The quantitative estimate of drug-likeness (QED) is 0.761. The van der Waals surface area contributed by atoms with Crippen LogP contribution in [0.15, 0.2) is 16.4 Å². The number of aryl methyl sites for hydroxylation is 2. The van der Waals surface area contributed by atoms with Gasteiger partial charge in [0.1, 0.15) is 11.2 Å². The van der Waals surface area contributed by atoms with Crippen LogP contribution in [0.2, 0.25) is 0 Å². The van der Waals surface area contributed by atoms with Gasteiger partial charge in [0.05, 0.1) is 11.4 Å². The molecule has 0 spiro atoms. The normalized spacial score (nSPS) is 11.7. The van der Waals surface area contributed by atoms with E-state index in [1.54, 1.807) is 11.7 Å². The minimum absolute atomic E-state index is 0.146. The van der Waals surface area contributed by atoms with Crippen LogP contribution in [0.25, 0.3) is 0 Å². The summed E-state index contributed by atoms with van der Waals surface area (Å²) in [5.74, 6) is 0. The van der Waals surface area contributed by atoms with Gasteiger partial charge in [-0.1, -0.05) is 13.8 Å². The maximum atomic E-state index is 13.0. The molecule has 0 aliphatic carbocycles. The van der Waals surface area contributed by atoms with Crippen molar-refractivity contribution in [3.05, 3.63) is 17.7 Å². The van der Waals surface area contributed by atoms with Gasteiger partial charge in [-0.3, -0.25) is 4.68 Å². The Balaban J connectivity index is 2.51. The molecule has 0 radical (unpaired) electrons. The zero-order chi connectivity index (χ0) is 18.8. The second-order valence-corrected chi connectivity index (χ2v) is 7.26. The van der Waals surface area contributed by atoms with Gasteiger partial charge in [0, 0.05) is 20.1 Å². The van der Waals surface area contributed by atoms with Crippen LogP contribution in [0, 0.1) is 0 Å². The van der Waals surface area contributed by atoms with E-state index in [9.17, 15) is 13.2 Å². The fraction of sp³-hybridized carbons (Fsp3) is 0.600. The molecule has 0 aromatic carbocycles. The van der Waals surface area contributed by atoms with Crippen molar-refractivity contribution in [1.82, 2.24) is 29.4 Å². The monoisotopic (exact) mass is 368 g/mol. The Hall–Kier alpha value is -2.23. The summed E-state index contributed by atoms with van der Waals surface area (Å²) in [7, 11) is -2.24. The van der Waals surface area contributed by atoms with Crippen LogP contribution >= 0.6 is 0 Å². The molecule has 0 saturated heterocycles. The molecule has 10 heteroatoms. The highest BCUT2D eigenvalue weighted by Gasteiger charge is 2.32. The number of nitrogens with zero attached hydrogens (tertiary/aromatic N) is 6. The maximum absolute atomic E-state index is 13.0. The van der Waals surface area contributed by atoms with Crippen LogP contribution in [0.4, 0.5) is 4.79 Å². The van der Waals surface area contributed by atoms with Crippen LogP contribution < -0.4 is 0 Å². The van der Waals surface area contributed by atoms with Gasteiger partial charge >= 0.3 is 6.03 Å². The van der Waals surface area contributed by atoms with Crippen molar-refractivity contribution in [2.75, 3.05) is 13.1 Å². The van der Waals surface area contributed by atoms with Crippen LogP contribution in [0.5, 0.6) is 0 Å². The summed E-state index contributed by atoms with van der Waals surface area (Å²) in [6.45, 7) is 8.39. The molecule has 0 N–H and O–H groups in total. The number of amides is 1. The minimum atomic E-state index is -3.95. The lowest BCUT2D eigenvalue weighted by molar-refractivity contribution is 0.201.